The Bertz CT molecular complexity index is 484. The van der Waals surface area contributed by atoms with Gasteiger partial charge in [0.15, 0.2) is 5.89 Å². The number of aromatic nitrogens is 2. The number of hydrogen-bond acceptors (Lipinski definition) is 4. The molecular weight excluding hydrogens is 268 g/mol. The zero-order valence-corrected chi connectivity index (χ0v) is 13.7. The van der Waals surface area contributed by atoms with Crippen LogP contribution in [-0.2, 0) is 12.8 Å². The summed E-state index contributed by atoms with van der Waals surface area (Å²) in [7, 11) is 0. The van der Waals surface area contributed by atoms with Gasteiger partial charge in [0.1, 0.15) is 5.76 Å². The van der Waals surface area contributed by atoms with Crippen molar-refractivity contribution < 1.29 is 4.42 Å². The molecule has 110 valence electrons. The topological polar surface area (TPSA) is 38.9 Å². The second-order valence-electron chi connectivity index (χ2n) is 5.41. The molecular formula is C16H24N2OS. The smallest absolute Gasteiger partial charge is 0.197 e. The van der Waals surface area contributed by atoms with Crippen LogP contribution >= 0.6 is 11.3 Å². The lowest BCUT2D eigenvalue weighted by atomic mass is 9.97. The minimum absolute atomic E-state index is 0.385. The predicted octanol–water partition coefficient (Wildman–Crippen LogP) is 4.94. The lowest BCUT2D eigenvalue weighted by Gasteiger charge is -2.11. The molecule has 2 aromatic rings. The average molecular weight is 292 g/mol. The van der Waals surface area contributed by atoms with E-state index in [0.29, 0.717) is 11.8 Å². The van der Waals surface area contributed by atoms with Crippen LogP contribution in [0.4, 0.5) is 0 Å². The van der Waals surface area contributed by atoms with Gasteiger partial charge in [0.05, 0.1) is 11.2 Å². The fourth-order valence-corrected chi connectivity index (χ4v) is 3.14. The Morgan fingerprint density at radius 2 is 1.80 bits per heavy atom. The lowest BCUT2D eigenvalue weighted by Crippen LogP contribution is -1.98. The average Bonchev–Trinajstić information content (AvgIpc) is 3.12. The molecule has 0 N–H and O–H groups in total. The van der Waals surface area contributed by atoms with Crippen LogP contribution in [0, 0.1) is 0 Å². The van der Waals surface area contributed by atoms with Crippen LogP contribution in [-0.4, -0.2) is 9.97 Å². The van der Waals surface area contributed by atoms with Crippen LogP contribution in [0.25, 0.3) is 0 Å². The van der Waals surface area contributed by atoms with Gasteiger partial charge in [-0.2, -0.15) is 0 Å². The molecule has 2 unspecified atom stereocenters. The Labute approximate surface area is 125 Å². The molecule has 0 aliphatic heterocycles. The Morgan fingerprint density at radius 1 is 1.05 bits per heavy atom. The summed E-state index contributed by atoms with van der Waals surface area (Å²) in [5.41, 5.74) is 0. The summed E-state index contributed by atoms with van der Waals surface area (Å²) < 4.78 is 5.73. The first kappa shape index (κ1) is 15.2. The van der Waals surface area contributed by atoms with E-state index in [1.807, 2.05) is 23.7 Å². The summed E-state index contributed by atoms with van der Waals surface area (Å²) >= 11 is 1.85. The Kier molecular flexibility index (Phi) is 5.35. The van der Waals surface area contributed by atoms with Crippen molar-refractivity contribution in [3.8, 4) is 0 Å². The van der Waals surface area contributed by atoms with Gasteiger partial charge < -0.3 is 4.42 Å². The monoisotopic (exact) mass is 292 g/mol. The molecule has 2 heterocycles. The van der Waals surface area contributed by atoms with E-state index in [9.17, 15) is 0 Å². The van der Waals surface area contributed by atoms with Crippen LogP contribution in [0.3, 0.4) is 0 Å². The third-order valence-electron chi connectivity index (χ3n) is 3.73. The van der Waals surface area contributed by atoms with E-state index in [-0.39, 0.29) is 0 Å². The van der Waals surface area contributed by atoms with Gasteiger partial charge in [0, 0.05) is 23.4 Å². The summed E-state index contributed by atoms with van der Waals surface area (Å²) in [5, 5.41) is 1.24. The van der Waals surface area contributed by atoms with Gasteiger partial charge in [-0.1, -0.05) is 27.7 Å². The zero-order chi connectivity index (χ0) is 14.5. The van der Waals surface area contributed by atoms with E-state index >= 15 is 0 Å². The molecule has 0 aliphatic carbocycles. The van der Waals surface area contributed by atoms with Gasteiger partial charge in [0.2, 0.25) is 0 Å². The first-order valence-electron chi connectivity index (χ1n) is 7.53. The lowest BCUT2D eigenvalue weighted by molar-refractivity contribution is 0.411. The standard InChI is InChI=1S/C16H24N2OS/c1-5-13-9-18-16(19-13)12(4)8-7-11(3)14-10-17-15(6-2)20-14/h9-12H,5-8H2,1-4H3. The Balaban J connectivity index is 1.87. The van der Waals surface area contributed by atoms with Gasteiger partial charge in [-0.15, -0.1) is 11.3 Å². The largest absolute Gasteiger partial charge is 0.445 e. The van der Waals surface area contributed by atoms with Gasteiger partial charge in [0.25, 0.3) is 0 Å². The molecule has 2 aromatic heterocycles. The third-order valence-corrected chi connectivity index (χ3v) is 5.11. The van der Waals surface area contributed by atoms with Gasteiger partial charge in [-0.05, 0) is 25.2 Å². The normalized spacial score (nSPS) is 14.4. The van der Waals surface area contributed by atoms with Crippen molar-refractivity contribution in [2.75, 3.05) is 0 Å². The minimum Gasteiger partial charge on any atom is -0.445 e. The third kappa shape index (κ3) is 3.69. The van der Waals surface area contributed by atoms with E-state index in [1.165, 1.54) is 9.88 Å². The van der Waals surface area contributed by atoms with Crippen molar-refractivity contribution in [2.45, 2.75) is 65.2 Å². The molecule has 4 heteroatoms. The maximum Gasteiger partial charge on any atom is 0.197 e. The maximum absolute atomic E-state index is 5.73. The first-order chi connectivity index (χ1) is 9.63. The van der Waals surface area contributed by atoms with E-state index in [2.05, 4.69) is 37.7 Å². The number of oxazole rings is 1. The van der Waals surface area contributed by atoms with Crippen LogP contribution in [0.15, 0.2) is 16.8 Å². The van der Waals surface area contributed by atoms with Gasteiger partial charge in [-0.3, -0.25) is 0 Å². The molecule has 3 nitrogen and oxygen atoms in total. The minimum atomic E-state index is 0.385. The number of nitrogens with zero attached hydrogens (tertiary/aromatic N) is 2. The SMILES string of the molecule is CCc1cnc(C(C)CCC(C)c2cnc(CC)s2)o1. The van der Waals surface area contributed by atoms with Crippen LogP contribution in [0.2, 0.25) is 0 Å². The van der Waals surface area contributed by atoms with Crippen molar-refractivity contribution in [3.05, 3.63) is 33.9 Å². The molecule has 0 aliphatic rings. The predicted molar refractivity (Wildman–Crippen MR) is 83.4 cm³/mol. The second-order valence-corrected chi connectivity index (χ2v) is 6.55. The maximum atomic E-state index is 5.73. The summed E-state index contributed by atoms with van der Waals surface area (Å²) in [6.45, 7) is 8.73. The van der Waals surface area contributed by atoms with Crippen LogP contribution in [0.1, 0.15) is 73.9 Å². The fourth-order valence-electron chi connectivity index (χ4n) is 2.20. The van der Waals surface area contributed by atoms with Gasteiger partial charge >= 0.3 is 0 Å². The number of aryl methyl sites for hydroxylation is 2. The van der Waals surface area contributed by atoms with Crippen LogP contribution in [0.5, 0.6) is 0 Å². The molecule has 0 radical (unpaired) electrons. The van der Waals surface area contributed by atoms with E-state index in [0.717, 1.165) is 37.3 Å². The van der Waals surface area contributed by atoms with Gasteiger partial charge in [-0.25, -0.2) is 9.97 Å². The molecule has 0 bridgehead atoms. The zero-order valence-electron chi connectivity index (χ0n) is 12.8. The van der Waals surface area contributed by atoms with E-state index in [4.69, 9.17) is 4.42 Å². The van der Waals surface area contributed by atoms with Crippen molar-refractivity contribution in [1.29, 1.82) is 0 Å². The molecule has 2 atom stereocenters. The summed E-state index contributed by atoms with van der Waals surface area (Å²) in [4.78, 5) is 10.2. The van der Waals surface area contributed by atoms with E-state index in [1.54, 1.807) is 0 Å². The highest BCUT2D eigenvalue weighted by atomic mass is 32.1. The highest BCUT2D eigenvalue weighted by Gasteiger charge is 2.15. The molecule has 0 saturated heterocycles. The molecule has 20 heavy (non-hydrogen) atoms. The number of hydrogen-bond donors (Lipinski definition) is 0. The van der Waals surface area contributed by atoms with Crippen molar-refractivity contribution in [2.24, 2.45) is 0 Å². The van der Waals surface area contributed by atoms with Crippen molar-refractivity contribution in [3.63, 3.8) is 0 Å². The molecule has 0 saturated carbocycles. The summed E-state index contributed by atoms with van der Waals surface area (Å²) in [5.74, 6) is 2.81. The Morgan fingerprint density at radius 3 is 2.40 bits per heavy atom. The van der Waals surface area contributed by atoms with E-state index < -0.39 is 0 Å². The molecule has 0 amide bonds. The highest BCUT2D eigenvalue weighted by molar-refractivity contribution is 7.11. The molecule has 0 spiro atoms. The number of rotatable bonds is 7. The first-order valence-corrected chi connectivity index (χ1v) is 8.34. The van der Waals surface area contributed by atoms with Crippen molar-refractivity contribution in [1.82, 2.24) is 9.97 Å². The quantitative estimate of drug-likeness (QED) is 0.725. The highest BCUT2D eigenvalue weighted by Crippen LogP contribution is 2.30. The van der Waals surface area contributed by atoms with Crippen LogP contribution < -0.4 is 0 Å². The molecule has 0 fully saturated rings. The Hall–Kier alpha value is -1.16. The second kappa shape index (κ2) is 7.02. The summed E-state index contributed by atoms with van der Waals surface area (Å²) in [6, 6.07) is 0. The summed E-state index contributed by atoms with van der Waals surface area (Å²) in [6.07, 6.45) is 8.09. The molecule has 2 rings (SSSR count). The molecule has 0 aromatic carbocycles. The van der Waals surface area contributed by atoms with Crippen molar-refractivity contribution >= 4 is 11.3 Å². The number of thiazole rings is 1. The fraction of sp³-hybridized carbons (Fsp3) is 0.625.